The van der Waals surface area contributed by atoms with Gasteiger partial charge in [-0.25, -0.2) is 4.79 Å². The zero-order valence-corrected chi connectivity index (χ0v) is 20.6. The Kier molecular flexibility index (Phi) is 8.57. The second-order valence-electron chi connectivity index (χ2n) is 8.63. The Morgan fingerprint density at radius 1 is 0.750 bits per heavy atom. The number of carbonyl (C=O) groups excluding carboxylic acids is 3. The summed E-state index contributed by atoms with van der Waals surface area (Å²) in [5.41, 5.74) is 2.32. The molecule has 1 fully saturated rings. The normalized spacial score (nSPS) is 15.0. The van der Waals surface area contributed by atoms with Crippen LogP contribution in [0.5, 0.6) is 0 Å². The summed E-state index contributed by atoms with van der Waals surface area (Å²) in [4.78, 5) is 42.5. The van der Waals surface area contributed by atoms with Gasteiger partial charge in [-0.2, -0.15) is 0 Å². The predicted molar refractivity (Wildman–Crippen MR) is 141 cm³/mol. The van der Waals surface area contributed by atoms with Crippen LogP contribution in [0.15, 0.2) is 91.0 Å². The molecule has 0 aromatic heterocycles. The van der Waals surface area contributed by atoms with Crippen LogP contribution in [0.2, 0.25) is 0 Å². The summed E-state index contributed by atoms with van der Waals surface area (Å²) in [5, 5.41) is 4.84. The maximum absolute atomic E-state index is 13.5. The largest absolute Gasteiger partial charge is 0.342 e. The van der Waals surface area contributed by atoms with Crippen LogP contribution >= 0.6 is 11.6 Å². The molecule has 0 radical (unpaired) electrons. The third-order valence-corrected chi connectivity index (χ3v) is 6.57. The molecule has 4 amide bonds. The highest BCUT2D eigenvalue weighted by Crippen LogP contribution is 2.21. The number of hydrogen-bond donors (Lipinski definition) is 2. The fourth-order valence-corrected chi connectivity index (χ4v) is 4.35. The number of hydrogen-bond acceptors (Lipinski definition) is 3. The second-order valence-corrected chi connectivity index (χ2v) is 9.07. The maximum Gasteiger partial charge on any atom is 0.321 e. The minimum atomic E-state index is -0.907. The molecule has 1 aliphatic rings. The molecule has 2 unspecified atom stereocenters. The van der Waals surface area contributed by atoms with Gasteiger partial charge in [0.05, 0.1) is 0 Å². The molecule has 0 spiro atoms. The molecule has 1 saturated heterocycles. The summed E-state index contributed by atoms with van der Waals surface area (Å²) in [5.74, 6) is -0.606. The highest BCUT2D eigenvalue weighted by Gasteiger charge is 2.31. The summed E-state index contributed by atoms with van der Waals surface area (Å²) < 4.78 is 0. The highest BCUT2D eigenvalue weighted by molar-refractivity contribution is 6.30. The van der Waals surface area contributed by atoms with Gasteiger partial charge in [-0.15, -0.1) is 11.6 Å². The smallest absolute Gasteiger partial charge is 0.321 e. The number of nitrogens with zero attached hydrogens (tertiary/aromatic N) is 2. The number of urea groups is 1. The summed E-state index contributed by atoms with van der Waals surface area (Å²) in [6, 6.07) is 26.9. The molecule has 4 rings (SSSR count). The lowest BCUT2D eigenvalue weighted by Gasteiger charge is -2.36. The number of para-hydroxylation sites is 1. The first-order valence-electron chi connectivity index (χ1n) is 11.9. The topological polar surface area (TPSA) is 81.8 Å². The number of alkyl halides is 1. The molecular weight excluding hydrogens is 476 g/mol. The van der Waals surface area contributed by atoms with Crippen molar-refractivity contribution >= 4 is 35.1 Å². The standard InChI is InChI=1S/C28H29ClN4O3/c29-25(22-12-6-2-7-13-22)26(34)31-24(20-21-10-4-1-5-11-21)27(35)32-16-18-33(19-17-32)28(36)30-23-14-8-3-9-15-23/h1-15,24-25H,16-20H2,(H,30,36)(H,31,34). The van der Waals surface area contributed by atoms with Crippen molar-refractivity contribution in [2.45, 2.75) is 17.8 Å². The van der Waals surface area contributed by atoms with Gasteiger partial charge in [0.2, 0.25) is 11.8 Å². The van der Waals surface area contributed by atoms with Gasteiger partial charge in [-0.3, -0.25) is 9.59 Å². The molecule has 3 aromatic rings. The Labute approximate surface area is 216 Å². The van der Waals surface area contributed by atoms with E-state index in [9.17, 15) is 14.4 Å². The summed E-state index contributed by atoms with van der Waals surface area (Å²) in [6.45, 7) is 1.56. The van der Waals surface area contributed by atoms with Gasteiger partial charge >= 0.3 is 6.03 Å². The zero-order valence-electron chi connectivity index (χ0n) is 19.8. The first kappa shape index (κ1) is 25.3. The van der Waals surface area contributed by atoms with Crippen molar-refractivity contribution in [3.63, 3.8) is 0 Å². The van der Waals surface area contributed by atoms with Crippen LogP contribution in [0.25, 0.3) is 0 Å². The monoisotopic (exact) mass is 504 g/mol. The third-order valence-electron chi connectivity index (χ3n) is 6.12. The lowest BCUT2D eigenvalue weighted by molar-refractivity contribution is -0.137. The number of amides is 4. The van der Waals surface area contributed by atoms with E-state index in [1.54, 1.807) is 21.9 Å². The van der Waals surface area contributed by atoms with Crippen LogP contribution < -0.4 is 10.6 Å². The first-order valence-corrected chi connectivity index (χ1v) is 12.4. The molecular formula is C28H29ClN4O3. The molecule has 3 aromatic carbocycles. The number of benzene rings is 3. The summed E-state index contributed by atoms with van der Waals surface area (Å²) >= 11 is 6.43. The fraction of sp³-hybridized carbons (Fsp3) is 0.250. The van der Waals surface area contributed by atoms with Crippen molar-refractivity contribution in [3.8, 4) is 0 Å². The lowest BCUT2D eigenvalue weighted by atomic mass is 10.0. The molecule has 1 heterocycles. The van der Waals surface area contributed by atoms with Gasteiger partial charge in [0.25, 0.3) is 0 Å². The SMILES string of the molecule is O=C(NC(Cc1ccccc1)C(=O)N1CCN(C(=O)Nc2ccccc2)CC1)C(Cl)c1ccccc1. The van der Waals surface area contributed by atoms with E-state index in [1.165, 1.54) is 0 Å². The maximum atomic E-state index is 13.5. The van der Waals surface area contributed by atoms with Crippen molar-refractivity contribution in [1.82, 2.24) is 15.1 Å². The van der Waals surface area contributed by atoms with E-state index in [0.29, 0.717) is 38.2 Å². The van der Waals surface area contributed by atoms with E-state index in [1.807, 2.05) is 78.9 Å². The average Bonchev–Trinajstić information content (AvgIpc) is 2.93. The quantitative estimate of drug-likeness (QED) is 0.476. The number of halogens is 1. The molecule has 0 bridgehead atoms. The molecule has 7 nitrogen and oxygen atoms in total. The van der Waals surface area contributed by atoms with Gasteiger partial charge in [-0.05, 0) is 23.3 Å². The zero-order chi connectivity index (χ0) is 25.3. The highest BCUT2D eigenvalue weighted by atomic mass is 35.5. The Morgan fingerprint density at radius 2 is 1.28 bits per heavy atom. The van der Waals surface area contributed by atoms with Crippen LogP contribution in [0.4, 0.5) is 10.5 Å². The van der Waals surface area contributed by atoms with Gasteiger partial charge < -0.3 is 20.4 Å². The fourth-order valence-electron chi connectivity index (χ4n) is 4.14. The van der Waals surface area contributed by atoms with E-state index in [0.717, 1.165) is 11.3 Å². The van der Waals surface area contributed by atoms with Crippen molar-refractivity contribution in [2.24, 2.45) is 0 Å². The lowest BCUT2D eigenvalue weighted by Crippen LogP contribution is -2.57. The summed E-state index contributed by atoms with van der Waals surface area (Å²) in [7, 11) is 0. The van der Waals surface area contributed by atoms with Crippen molar-refractivity contribution in [1.29, 1.82) is 0 Å². The minimum Gasteiger partial charge on any atom is -0.342 e. The average molecular weight is 505 g/mol. The number of carbonyl (C=O) groups is 3. The molecule has 2 N–H and O–H groups in total. The molecule has 36 heavy (non-hydrogen) atoms. The van der Waals surface area contributed by atoms with Gasteiger partial charge in [-0.1, -0.05) is 78.9 Å². The number of anilines is 1. The molecule has 0 aliphatic carbocycles. The number of rotatable bonds is 7. The number of piperazine rings is 1. The van der Waals surface area contributed by atoms with Crippen molar-refractivity contribution in [2.75, 3.05) is 31.5 Å². The Balaban J connectivity index is 1.40. The molecule has 0 saturated carbocycles. The molecule has 2 atom stereocenters. The minimum absolute atomic E-state index is 0.188. The molecule has 8 heteroatoms. The third kappa shape index (κ3) is 6.64. The van der Waals surface area contributed by atoms with Gasteiger partial charge in [0.1, 0.15) is 11.4 Å². The summed E-state index contributed by atoms with van der Waals surface area (Å²) in [6.07, 6.45) is 0.346. The van der Waals surface area contributed by atoms with E-state index in [4.69, 9.17) is 11.6 Å². The van der Waals surface area contributed by atoms with Crippen LogP contribution in [0.3, 0.4) is 0 Å². The predicted octanol–water partition coefficient (Wildman–Crippen LogP) is 4.07. The number of nitrogens with one attached hydrogen (secondary N) is 2. The van der Waals surface area contributed by atoms with E-state index < -0.39 is 17.3 Å². The van der Waals surface area contributed by atoms with E-state index >= 15 is 0 Å². The van der Waals surface area contributed by atoms with Crippen LogP contribution in [0, 0.1) is 0 Å². The van der Waals surface area contributed by atoms with Crippen LogP contribution in [0.1, 0.15) is 16.5 Å². The second kappa shape index (κ2) is 12.2. The van der Waals surface area contributed by atoms with Crippen molar-refractivity contribution < 1.29 is 14.4 Å². The van der Waals surface area contributed by atoms with Gasteiger partial charge in [0, 0.05) is 38.3 Å². The molecule has 1 aliphatic heterocycles. The Morgan fingerprint density at radius 3 is 1.89 bits per heavy atom. The van der Waals surface area contributed by atoms with E-state index in [2.05, 4.69) is 10.6 Å². The Bertz CT molecular complexity index is 1150. The van der Waals surface area contributed by atoms with Crippen molar-refractivity contribution in [3.05, 3.63) is 102 Å². The molecule has 186 valence electrons. The van der Waals surface area contributed by atoms with Crippen LogP contribution in [-0.4, -0.2) is 59.9 Å². The van der Waals surface area contributed by atoms with Gasteiger partial charge in [0.15, 0.2) is 0 Å². The Hall–Kier alpha value is -3.84. The van der Waals surface area contributed by atoms with E-state index in [-0.39, 0.29) is 11.9 Å². The first-order chi connectivity index (χ1) is 17.5. The van der Waals surface area contributed by atoms with Crippen LogP contribution in [-0.2, 0) is 16.0 Å².